The maximum atomic E-state index is 12.1. The molecule has 0 aromatic carbocycles. The van der Waals surface area contributed by atoms with E-state index < -0.39 is 24.1 Å². The summed E-state index contributed by atoms with van der Waals surface area (Å²) in [6.45, 7) is 15.6. The molecule has 166 valence electrons. The summed E-state index contributed by atoms with van der Waals surface area (Å²) in [5.74, 6) is -0.761. The topological polar surface area (TPSA) is 103 Å². The van der Waals surface area contributed by atoms with Gasteiger partial charge in [0.1, 0.15) is 13.2 Å². The Labute approximate surface area is 174 Å². The van der Waals surface area contributed by atoms with E-state index >= 15 is 0 Å². The molecule has 29 heavy (non-hydrogen) atoms. The molecule has 0 radical (unpaired) electrons. The van der Waals surface area contributed by atoms with Crippen molar-refractivity contribution in [2.24, 2.45) is 11.3 Å². The molecule has 0 aromatic rings. The first-order valence-corrected chi connectivity index (χ1v) is 9.71. The zero-order valence-corrected chi connectivity index (χ0v) is 18.3. The number of rotatable bonds is 14. The van der Waals surface area contributed by atoms with Crippen LogP contribution in [0.15, 0.2) is 24.8 Å². The maximum Gasteiger partial charge on any atom is 0.407 e. The summed E-state index contributed by atoms with van der Waals surface area (Å²) in [5, 5.41) is 5.85. The first-order valence-electron chi connectivity index (χ1n) is 9.71. The molecule has 0 fully saturated rings. The highest BCUT2D eigenvalue weighted by Gasteiger charge is 2.22. The van der Waals surface area contributed by atoms with Gasteiger partial charge in [0.2, 0.25) is 0 Å². The lowest BCUT2D eigenvalue weighted by molar-refractivity contribution is -0.147. The lowest BCUT2D eigenvalue weighted by atomic mass is 9.80. The van der Waals surface area contributed by atoms with Crippen LogP contribution in [0.1, 0.15) is 40.5 Å². The van der Waals surface area contributed by atoms with Crippen molar-refractivity contribution in [3.05, 3.63) is 24.8 Å². The van der Waals surface area contributed by atoms with Crippen molar-refractivity contribution < 1.29 is 28.6 Å². The van der Waals surface area contributed by atoms with Crippen LogP contribution in [0.4, 0.5) is 4.79 Å². The molecular formula is C21H36N2O6. The molecule has 0 bridgehead atoms. The van der Waals surface area contributed by atoms with Crippen LogP contribution in [0.2, 0.25) is 0 Å². The molecule has 8 nitrogen and oxygen atoms in total. The number of hydrogen-bond acceptors (Lipinski definition) is 7. The van der Waals surface area contributed by atoms with Crippen molar-refractivity contribution in [1.29, 1.82) is 0 Å². The number of ether oxygens (including phenoxy) is 3. The SMILES string of the molecule is C=CC(=O)OCC(COC(=O)C(=C)C)OC(=O)NCCC(C)(C)CC(C)CNC. The van der Waals surface area contributed by atoms with E-state index in [2.05, 4.69) is 44.6 Å². The summed E-state index contributed by atoms with van der Waals surface area (Å²) in [7, 11) is 1.93. The number of nitrogens with one attached hydrogen (secondary N) is 2. The van der Waals surface area contributed by atoms with Gasteiger partial charge in [-0.05, 0) is 44.7 Å². The zero-order chi connectivity index (χ0) is 22.4. The molecule has 0 spiro atoms. The van der Waals surface area contributed by atoms with Crippen LogP contribution in [0.3, 0.4) is 0 Å². The Hall–Kier alpha value is -2.35. The lowest BCUT2D eigenvalue weighted by Crippen LogP contribution is -2.36. The Morgan fingerprint density at radius 3 is 2.34 bits per heavy atom. The Balaban J connectivity index is 4.54. The van der Waals surface area contributed by atoms with Crippen molar-refractivity contribution in [3.63, 3.8) is 0 Å². The van der Waals surface area contributed by atoms with Gasteiger partial charge in [0.05, 0.1) is 0 Å². The van der Waals surface area contributed by atoms with Gasteiger partial charge >= 0.3 is 18.0 Å². The molecule has 8 heteroatoms. The van der Waals surface area contributed by atoms with Crippen LogP contribution in [0.25, 0.3) is 0 Å². The second kappa shape index (κ2) is 13.8. The Kier molecular flexibility index (Phi) is 12.6. The first-order chi connectivity index (χ1) is 13.5. The number of amides is 1. The van der Waals surface area contributed by atoms with E-state index in [0.29, 0.717) is 12.5 Å². The summed E-state index contributed by atoms with van der Waals surface area (Å²) in [6, 6.07) is 0. The maximum absolute atomic E-state index is 12.1. The molecule has 0 heterocycles. The van der Waals surface area contributed by atoms with Crippen molar-refractivity contribution in [3.8, 4) is 0 Å². The van der Waals surface area contributed by atoms with E-state index in [4.69, 9.17) is 14.2 Å². The highest BCUT2D eigenvalue weighted by Crippen LogP contribution is 2.28. The molecule has 0 saturated carbocycles. The fraction of sp³-hybridized carbons (Fsp3) is 0.667. The third-order valence-electron chi connectivity index (χ3n) is 4.13. The minimum Gasteiger partial charge on any atom is -0.458 e. The number of carbonyl (C=O) groups is 3. The number of alkyl carbamates (subject to hydrolysis) is 1. The van der Waals surface area contributed by atoms with Gasteiger partial charge in [-0.15, -0.1) is 0 Å². The highest BCUT2D eigenvalue weighted by molar-refractivity contribution is 5.87. The third kappa shape index (κ3) is 13.5. The van der Waals surface area contributed by atoms with Gasteiger partial charge in [0, 0.05) is 18.2 Å². The minimum atomic E-state index is -0.939. The van der Waals surface area contributed by atoms with Crippen molar-refractivity contribution in [2.45, 2.75) is 46.6 Å². The second-order valence-electron chi connectivity index (χ2n) is 7.95. The van der Waals surface area contributed by atoms with Crippen molar-refractivity contribution in [2.75, 3.05) is 33.4 Å². The lowest BCUT2D eigenvalue weighted by Gasteiger charge is -2.28. The number of esters is 2. The molecule has 2 N–H and O–H groups in total. The summed E-state index contributed by atoms with van der Waals surface area (Å²) in [4.78, 5) is 34.9. The standard InChI is InChI=1S/C21H36N2O6/c1-8-18(24)27-13-17(14-28-19(25)15(2)3)29-20(26)23-10-9-21(5,6)11-16(4)12-22-7/h8,16-17,22H,1-2,9-14H2,3-7H3,(H,23,26). The zero-order valence-electron chi connectivity index (χ0n) is 18.3. The molecule has 2 unspecified atom stereocenters. The summed E-state index contributed by atoms with van der Waals surface area (Å²) in [6.07, 6.45) is 1.17. The van der Waals surface area contributed by atoms with Gasteiger partial charge in [-0.1, -0.05) is 33.9 Å². The number of hydrogen-bond donors (Lipinski definition) is 2. The van der Waals surface area contributed by atoms with Crippen LogP contribution in [-0.4, -0.2) is 57.5 Å². The molecule has 0 saturated heterocycles. The molecule has 0 aliphatic carbocycles. The number of carbonyl (C=O) groups excluding carboxylic acids is 3. The fourth-order valence-electron chi connectivity index (χ4n) is 2.80. The summed E-state index contributed by atoms with van der Waals surface area (Å²) >= 11 is 0. The smallest absolute Gasteiger partial charge is 0.407 e. The summed E-state index contributed by atoms with van der Waals surface area (Å²) < 4.78 is 15.1. The molecule has 0 aliphatic rings. The summed E-state index contributed by atoms with van der Waals surface area (Å²) in [5.41, 5.74) is 0.269. The van der Waals surface area contributed by atoms with Crippen LogP contribution < -0.4 is 10.6 Å². The van der Waals surface area contributed by atoms with E-state index in [-0.39, 0.29) is 24.2 Å². The average molecular weight is 413 g/mol. The molecule has 1 amide bonds. The second-order valence-corrected chi connectivity index (χ2v) is 7.95. The first kappa shape index (κ1) is 26.6. The predicted octanol–water partition coefficient (Wildman–Crippen LogP) is 2.59. The van der Waals surface area contributed by atoms with Crippen LogP contribution in [0, 0.1) is 11.3 Å². The van der Waals surface area contributed by atoms with E-state index in [9.17, 15) is 14.4 Å². The largest absolute Gasteiger partial charge is 0.458 e. The van der Waals surface area contributed by atoms with Crippen LogP contribution >= 0.6 is 0 Å². The Morgan fingerprint density at radius 2 is 1.79 bits per heavy atom. The molecule has 0 aromatic heterocycles. The van der Waals surface area contributed by atoms with E-state index in [1.54, 1.807) is 0 Å². The molecule has 0 rings (SSSR count). The average Bonchev–Trinajstić information content (AvgIpc) is 2.62. The highest BCUT2D eigenvalue weighted by atomic mass is 16.6. The van der Waals surface area contributed by atoms with Crippen molar-refractivity contribution >= 4 is 18.0 Å². The van der Waals surface area contributed by atoms with Crippen LogP contribution in [0.5, 0.6) is 0 Å². The predicted molar refractivity (Wildman–Crippen MR) is 111 cm³/mol. The van der Waals surface area contributed by atoms with E-state index in [1.807, 2.05) is 7.05 Å². The van der Waals surface area contributed by atoms with E-state index in [1.165, 1.54) is 6.92 Å². The van der Waals surface area contributed by atoms with E-state index in [0.717, 1.165) is 25.5 Å². The van der Waals surface area contributed by atoms with Crippen molar-refractivity contribution in [1.82, 2.24) is 10.6 Å². The van der Waals surface area contributed by atoms with Gasteiger partial charge < -0.3 is 24.8 Å². The third-order valence-corrected chi connectivity index (χ3v) is 4.13. The molecule has 0 aliphatic heterocycles. The monoisotopic (exact) mass is 412 g/mol. The fourth-order valence-corrected chi connectivity index (χ4v) is 2.80. The quantitative estimate of drug-likeness (QED) is 0.257. The molecule has 2 atom stereocenters. The van der Waals surface area contributed by atoms with Crippen LogP contribution in [-0.2, 0) is 23.8 Å². The van der Waals surface area contributed by atoms with Gasteiger partial charge in [-0.2, -0.15) is 0 Å². The molecular weight excluding hydrogens is 376 g/mol. The normalized spacial score (nSPS) is 13.0. The minimum absolute atomic E-state index is 0.0550. The van der Waals surface area contributed by atoms with Gasteiger partial charge in [-0.3, -0.25) is 0 Å². The van der Waals surface area contributed by atoms with Gasteiger partial charge in [0.15, 0.2) is 6.10 Å². The van der Waals surface area contributed by atoms with Gasteiger partial charge in [-0.25, -0.2) is 14.4 Å². The Bertz CT molecular complexity index is 574. The Morgan fingerprint density at radius 1 is 1.17 bits per heavy atom. The van der Waals surface area contributed by atoms with Gasteiger partial charge in [0.25, 0.3) is 0 Å².